The second-order valence-corrected chi connectivity index (χ2v) is 22.7. The molecule has 0 bridgehead atoms. The smallest absolute Gasteiger partial charge is 0.335 e. The number of ether oxygens (including phenoxy) is 5. The number of carboxylic acid groups (broad SMARTS) is 1. The average molecular weight is 1170 g/mol. The van der Waals surface area contributed by atoms with Crippen LogP contribution in [0.4, 0.5) is 0 Å². The van der Waals surface area contributed by atoms with Gasteiger partial charge in [-0.25, -0.2) is 4.79 Å². The van der Waals surface area contributed by atoms with Crippen molar-refractivity contribution in [3.63, 3.8) is 0 Å². The molecule has 0 aromatic heterocycles. The van der Waals surface area contributed by atoms with Crippen LogP contribution in [0, 0.1) is 0 Å². The number of aliphatic hydroxyl groups is 2. The Balaban J connectivity index is 2.67. The molecule has 83 heavy (non-hydrogen) atoms. The topological polar surface area (TPSA) is 175 Å². The lowest BCUT2D eigenvalue weighted by Gasteiger charge is -2.40. The Morgan fingerprint density at radius 3 is 1.18 bits per heavy atom. The molecule has 12 nitrogen and oxygen atoms in total. The molecule has 6 atom stereocenters. The molecule has 0 amide bonds. The van der Waals surface area contributed by atoms with E-state index in [1.54, 1.807) is 0 Å². The molecule has 1 fully saturated rings. The highest BCUT2D eigenvalue weighted by atomic mass is 16.7. The van der Waals surface area contributed by atoms with Crippen molar-refractivity contribution >= 4 is 23.9 Å². The Hall–Kier alpha value is -4.10. The van der Waals surface area contributed by atoms with Crippen molar-refractivity contribution in [2.24, 2.45) is 0 Å². The highest BCUT2D eigenvalue weighted by Gasteiger charge is 2.50. The maximum atomic E-state index is 13.2. The molecule has 12 heteroatoms. The number of carbonyl (C=O) groups excluding carboxylic acids is 3. The summed E-state index contributed by atoms with van der Waals surface area (Å²) in [6.45, 7) is 5.87. The molecule has 0 saturated carbocycles. The van der Waals surface area contributed by atoms with Gasteiger partial charge in [0.15, 0.2) is 24.6 Å². The SMILES string of the molecule is CC/C=C\C/C=C\C/C=C\C/C=C\CCCCCCCCC(=O)OCC(COC1OC(C(=O)O)C(O)C(O)C1OC(=O)CCCCCCCCCCCCCCCCC)OC(=O)CCCCCCCC/C=C\C/C=C\C/C=C\CCCCC. The van der Waals surface area contributed by atoms with Gasteiger partial charge in [-0.2, -0.15) is 0 Å². The van der Waals surface area contributed by atoms with Crippen molar-refractivity contribution in [3.05, 3.63) is 85.1 Å². The van der Waals surface area contributed by atoms with Gasteiger partial charge < -0.3 is 39.0 Å². The van der Waals surface area contributed by atoms with Crippen LogP contribution in [0.2, 0.25) is 0 Å². The van der Waals surface area contributed by atoms with Gasteiger partial charge in [-0.3, -0.25) is 14.4 Å². The molecule has 1 aliphatic rings. The van der Waals surface area contributed by atoms with E-state index in [1.165, 1.54) is 89.9 Å². The number of carboxylic acids is 1. The van der Waals surface area contributed by atoms with E-state index >= 15 is 0 Å². The lowest BCUT2D eigenvalue weighted by molar-refractivity contribution is -0.301. The van der Waals surface area contributed by atoms with Gasteiger partial charge in [-0.05, 0) is 96.3 Å². The van der Waals surface area contributed by atoms with Crippen LogP contribution >= 0.6 is 0 Å². The molecular weight excluding hydrogens is 1040 g/mol. The fourth-order valence-corrected chi connectivity index (χ4v) is 9.84. The van der Waals surface area contributed by atoms with Crippen molar-refractivity contribution in [1.29, 1.82) is 0 Å². The van der Waals surface area contributed by atoms with Gasteiger partial charge in [0.05, 0.1) is 6.61 Å². The summed E-state index contributed by atoms with van der Waals surface area (Å²) in [5.41, 5.74) is 0. The Morgan fingerprint density at radius 1 is 0.410 bits per heavy atom. The molecule has 476 valence electrons. The predicted octanol–water partition coefficient (Wildman–Crippen LogP) is 18.2. The predicted molar refractivity (Wildman–Crippen MR) is 340 cm³/mol. The molecule has 0 radical (unpaired) electrons. The second-order valence-electron chi connectivity index (χ2n) is 22.7. The summed E-state index contributed by atoms with van der Waals surface area (Å²) < 4.78 is 28.6. The molecule has 1 aliphatic heterocycles. The van der Waals surface area contributed by atoms with Crippen molar-refractivity contribution in [3.8, 4) is 0 Å². The van der Waals surface area contributed by atoms with Crippen molar-refractivity contribution < 1.29 is 58.2 Å². The molecule has 0 aromatic carbocycles. The summed E-state index contributed by atoms with van der Waals surface area (Å²) in [6.07, 6.45) is 63.9. The Kier molecular flexibility index (Phi) is 54.0. The summed E-state index contributed by atoms with van der Waals surface area (Å²) in [5.74, 6) is -3.14. The van der Waals surface area contributed by atoms with Crippen LogP contribution in [-0.2, 0) is 42.9 Å². The van der Waals surface area contributed by atoms with Crippen LogP contribution in [0.25, 0.3) is 0 Å². The third-order valence-corrected chi connectivity index (χ3v) is 15.0. The zero-order valence-corrected chi connectivity index (χ0v) is 52.7. The van der Waals surface area contributed by atoms with E-state index in [-0.39, 0.29) is 25.9 Å². The number of aliphatic carboxylic acids is 1. The highest BCUT2D eigenvalue weighted by molar-refractivity contribution is 5.74. The lowest BCUT2D eigenvalue weighted by atomic mass is 9.98. The van der Waals surface area contributed by atoms with Gasteiger partial charge in [0.2, 0.25) is 0 Å². The van der Waals surface area contributed by atoms with Crippen molar-refractivity contribution in [2.45, 2.75) is 327 Å². The van der Waals surface area contributed by atoms with E-state index in [9.17, 15) is 34.5 Å². The number of allylic oxidation sites excluding steroid dienone is 14. The first-order chi connectivity index (χ1) is 40.6. The Morgan fingerprint density at radius 2 is 0.759 bits per heavy atom. The second kappa shape index (κ2) is 58.3. The fourth-order valence-electron chi connectivity index (χ4n) is 9.84. The molecule has 0 aliphatic carbocycles. The normalized spacial score (nSPS) is 18.1. The minimum absolute atomic E-state index is 0.0583. The van der Waals surface area contributed by atoms with Crippen LogP contribution in [0.3, 0.4) is 0 Å². The first-order valence-corrected chi connectivity index (χ1v) is 33.6. The average Bonchev–Trinajstić information content (AvgIpc) is 3.58. The van der Waals surface area contributed by atoms with Gasteiger partial charge >= 0.3 is 23.9 Å². The van der Waals surface area contributed by atoms with Gasteiger partial charge in [0.25, 0.3) is 0 Å². The Bertz CT molecular complexity index is 1760. The first kappa shape index (κ1) is 76.9. The van der Waals surface area contributed by atoms with Crippen LogP contribution < -0.4 is 0 Å². The Labute approximate surface area is 505 Å². The summed E-state index contributed by atoms with van der Waals surface area (Å²) in [6, 6.07) is 0. The van der Waals surface area contributed by atoms with E-state index in [1.807, 2.05) is 0 Å². The largest absolute Gasteiger partial charge is 0.479 e. The third kappa shape index (κ3) is 47.8. The van der Waals surface area contributed by atoms with Crippen LogP contribution in [0.1, 0.15) is 290 Å². The minimum Gasteiger partial charge on any atom is -0.479 e. The number of carbonyl (C=O) groups is 4. The zero-order chi connectivity index (χ0) is 60.3. The monoisotopic (exact) mass is 1160 g/mol. The summed E-state index contributed by atoms with van der Waals surface area (Å²) in [7, 11) is 0. The van der Waals surface area contributed by atoms with Gasteiger partial charge in [0, 0.05) is 19.3 Å². The molecule has 6 unspecified atom stereocenters. The number of rotatable bonds is 57. The van der Waals surface area contributed by atoms with E-state index in [4.69, 9.17) is 23.7 Å². The maximum Gasteiger partial charge on any atom is 0.335 e. The standard InChI is InChI=1S/C71H120O12/c1-4-7-10-13-16-19-22-25-28-30-32-34-37-39-42-45-48-51-54-57-63(72)79-60-62(81-64(73)58-55-52-49-46-43-41-38-35-33-31-29-26-23-20-17-14-11-8-5-2)61-80-71-69(67(76)66(75)68(83-71)70(77)78)82-65(74)59-56-53-50-47-44-40-36-27-24-21-18-15-12-9-6-3/h7,10,16-17,19-20,25-26,28-29,32-35,62,66-69,71,75-76H,4-6,8-9,11-15,18,21-24,27,30-31,36-61H2,1-3H3,(H,77,78)/b10-7-,19-16-,20-17-,28-25-,29-26-,34-32-,35-33-. The fraction of sp³-hybridized carbons (Fsp3) is 0.746. The zero-order valence-electron chi connectivity index (χ0n) is 52.7. The van der Waals surface area contributed by atoms with Crippen molar-refractivity contribution in [2.75, 3.05) is 13.2 Å². The van der Waals surface area contributed by atoms with Gasteiger partial charge in [-0.1, -0.05) is 260 Å². The maximum absolute atomic E-state index is 13.2. The molecule has 1 heterocycles. The number of aliphatic hydroxyl groups excluding tert-OH is 2. The highest BCUT2D eigenvalue weighted by Crippen LogP contribution is 2.27. The minimum atomic E-state index is -1.91. The quantitative estimate of drug-likeness (QED) is 0.0228. The summed E-state index contributed by atoms with van der Waals surface area (Å²) >= 11 is 0. The molecule has 1 rings (SSSR count). The number of esters is 3. The van der Waals surface area contributed by atoms with E-state index < -0.39 is 67.3 Å². The van der Waals surface area contributed by atoms with Gasteiger partial charge in [-0.15, -0.1) is 0 Å². The molecule has 0 aromatic rings. The van der Waals surface area contributed by atoms with Gasteiger partial charge in [0.1, 0.15) is 18.8 Å². The third-order valence-electron chi connectivity index (χ3n) is 15.0. The molecule has 1 saturated heterocycles. The van der Waals surface area contributed by atoms with Crippen molar-refractivity contribution in [1.82, 2.24) is 0 Å². The first-order valence-electron chi connectivity index (χ1n) is 33.6. The van der Waals surface area contributed by atoms with Crippen LogP contribution in [0.15, 0.2) is 85.1 Å². The summed E-state index contributed by atoms with van der Waals surface area (Å²) in [5, 5.41) is 31.6. The van der Waals surface area contributed by atoms with E-state index in [2.05, 4.69) is 106 Å². The molecule has 3 N–H and O–H groups in total. The number of hydrogen-bond donors (Lipinski definition) is 3. The number of hydrogen-bond acceptors (Lipinski definition) is 11. The lowest BCUT2D eigenvalue weighted by Crippen LogP contribution is -2.61. The van der Waals surface area contributed by atoms with E-state index in [0.717, 1.165) is 141 Å². The van der Waals surface area contributed by atoms with Crippen LogP contribution in [0.5, 0.6) is 0 Å². The number of unbranched alkanes of at least 4 members (excludes halogenated alkanes) is 29. The van der Waals surface area contributed by atoms with E-state index in [0.29, 0.717) is 19.3 Å². The molecular formula is C71H120O12. The molecule has 0 spiro atoms. The van der Waals surface area contributed by atoms with Crippen LogP contribution in [-0.4, -0.2) is 89.2 Å². The summed E-state index contributed by atoms with van der Waals surface area (Å²) in [4.78, 5) is 51.4.